The van der Waals surface area contributed by atoms with Crippen LogP contribution in [0.15, 0.2) is 23.1 Å². The minimum atomic E-state index is -0.872. The number of aliphatic carboxylic acids is 1. The molecule has 2 nitrogen and oxygen atoms in total. The number of carboxylic acids is 1. The van der Waals surface area contributed by atoms with E-state index in [1.54, 1.807) is 0 Å². The first kappa shape index (κ1) is 11.7. The Bertz CT molecular complexity index is 432. The van der Waals surface area contributed by atoms with E-state index in [2.05, 4.69) is 0 Å². The van der Waals surface area contributed by atoms with Gasteiger partial charge >= 0.3 is 5.97 Å². The van der Waals surface area contributed by atoms with Crippen molar-refractivity contribution < 1.29 is 14.3 Å². The third-order valence-electron chi connectivity index (χ3n) is 2.75. The summed E-state index contributed by atoms with van der Waals surface area (Å²) < 4.78 is 12.6. The maximum atomic E-state index is 13.5. The van der Waals surface area contributed by atoms with Crippen LogP contribution in [0.5, 0.6) is 0 Å². The Balaban J connectivity index is 2.26. The molecule has 1 fully saturated rings. The van der Waals surface area contributed by atoms with E-state index in [1.807, 2.05) is 0 Å². The van der Waals surface area contributed by atoms with Crippen LogP contribution in [0.4, 0.5) is 4.39 Å². The minimum Gasteiger partial charge on any atom is -0.480 e. The maximum Gasteiger partial charge on any atom is 0.320 e. The SMILES string of the molecule is O=C(O)C1(Sc2cc(Cl)ccc2F)CCC1. The Kier molecular flexibility index (Phi) is 3.13. The van der Waals surface area contributed by atoms with Crippen LogP contribution in [0.25, 0.3) is 0 Å². The molecule has 0 aromatic heterocycles. The molecular formula is C11H10ClFO2S. The molecule has 0 amide bonds. The van der Waals surface area contributed by atoms with Gasteiger partial charge in [-0.2, -0.15) is 0 Å². The average molecular weight is 261 g/mol. The Morgan fingerprint density at radius 2 is 2.19 bits per heavy atom. The van der Waals surface area contributed by atoms with Crippen molar-refractivity contribution in [3.05, 3.63) is 29.0 Å². The number of thioether (sulfide) groups is 1. The van der Waals surface area contributed by atoms with Gasteiger partial charge in [0.25, 0.3) is 0 Å². The number of rotatable bonds is 3. The molecule has 2 rings (SSSR count). The van der Waals surface area contributed by atoms with Crippen molar-refractivity contribution >= 4 is 29.3 Å². The third-order valence-corrected chi connectivity index (χ3v) is 4.49. The fourth-order valence-corrected chi connectivity index (χ4v) is 3.21. The fourth-order valence-electron chi connectivity index (χ4n) is 1.62. The lowest BCUT2D eigenvalue weighted by Crippen LogP contribution is -2.41. The quantitative estimate of drug-likeness (QED) is 0.903. The van der Waals surface area contributed by atoms with Gasteiger partial charge in [-0.15, -0.1) is 11.8 Å². The lowest BCUT2D eigenvalue weighted by Gasteiger charge is -2.36. The van der Waals surface area contributed by atoms with Crippen molar-refractivity contribution in [3.8, 4) is 0 Å². The number of hydrogen-bond acceptors (Lipinski definition) is 2. The van der Waals surface area contributed by atoms with Crippen LogP contribution in [-0.2, 0) is 4.79 Å². The minimum absolute atomic E-state index is 0.314. The molecule has 1 N–H and O–H groups in total. The zero-order chi connectivity index (χ0) is 11.8. The Morgan fingerprint density at radius 3 is 2.69 bits per heavy atom. The van der Waals surface area contributed by atoms with Crippen LogP contribution >= 0.6 is 23.4 Å². The Hall–Kier alpha value is -0.740. The van der Waals surface area contributed by atoms with Gasteiger partial charge in [-0.05, 0) is 37.5 Å². The first-order valence-electron chi connectivity index (χ1n) is 4.91. The molecule has 0 spiro atoms. The van der Waals surface area contributed by atoms with Crippen LogP contribution in [0.2, 0.25) is 5.02 Å². The zero-order valence-electron chi connectivity index (χ0n) is 8.37. The fraction of sp³-hybridized carbons (Fsp3) is 0.364. The van der Waals surface area contributed by atoms with Gasteiger partial charge in [-0.25, -0.2) is 4.39 Å². The number of halogens is 2. The first-order valence-corrected chi connectivity index (χ1v) is 6.10. The van der Waals surface area contributed by atoms with Crippen LogP contribution in [0, 0.1) is 5.82 Å². The molecule has 1 aromatic rings. The highest BCUT2D eigenvalue weighted by Gasteiger charge is 2.45. The van der Waals surface area contributed by atoms with Crippen molar-refractivity contribution in [2.45, 2.75) is 28.9 Å². The van der Waals surface area contributed by atoms with E-state index in [4.69, 9.17) is 16.7 Å². The summed E-state index contributed by atoms with van der Waals surface area (Å²) in [7, 11) is 0. The largest absolute Gasteiger partial charge is 0.480 e. The lowest BCUT2D eigenvalue weighted by molar-refractivity contribution is -0.142. The molecule has 1 saturated carbocycles. The number of hydrogen-bond donors (Lipinski definition) is 1. The van der Waals surface area contributed by atoms with Gasteiger partial charge in [0.05, 0.1) is 0 Å². The van der Waals surface area contributed by atoms with Crippen molar-refractivity contribution in [1.82, 2.24) is 0 Å². The van der Waals surface area contributed by atoms with E-state index in [9.17, 15) is 9.18 Å². The molecule has 0 bridgehead atoms. The summed E-state index contributed by atoms with van der Waals surface area (Å²) in [5.41, 5.74) is 0. The molecule has 1 aliphatic rings. The second-order valence-corrected chi connectivity index (χ2v) is 5.69. The molecule has 0 heterocycles. The predicted octanol–water partition coefficient (Wildman–Crippen LogP) is 3.58. The standard InChI is InChI=1S/C11H10ClFO2S/c12-7-2-3-8(13)9(6-7)16-11(10(14)15)4-1-5-11/h2-3,6H,1,4-5H2,(H,14,15). The average Bonchev–Trinajstić information content (AvgIpc) is 2.16. The van der Waals surface area contributed by atoms with Crippen LogP contribution in [0.1, 0.15) is 19.3 Å². The second kappa shape index (κ2) is 4.26. The van der Waals surface area contributed by atoms with Crippen molar-refractivity contribution in [3.63, 3.8) is 0 Å². The van der Waals surface area contributed by atoms with Crippen molar-refractivity contribution in [1.29, 1.82) is 0 Å². The molecular weight excluding hydrogens is 251 g/mol. The van der Waals surface area contributed by atoms with Gasteiger partial charge in [-0.1, -0.05) is 11.6 Å². The summed E-state index contributed by atoms with van der Waals surface area (Å²) in [6.07, 6.45) is 2.04. The molecule has 5 heteroatoms. The van der Waals surface area contributed by atoms with E-state index in [1.165, 1.54) is 18.2 Å². The molecule has 16 heavy (non-hydrogen) atoms. The van der Waals surface area contributed by atoms with Crippen LogP contribution < -0.4 is 0 Å². The molecule has 0 unspecified atom stereocenters. The molecule has 0 radical (unpaired) electrons. The summed E-state index contributed by atoms with van der Waals surface area (Å²) in [4.78, 5) is 11.4. The summed E-state index contributed by atoms with van der Waals surface area (Å²) in [6.45, 7) is 0. The van der Waals surface area contributed by atoms with Crippen molar-refractivity contribution in [2.75, 3.05) is 0 Å². The molecule has 0 saturated heterocycles. The molecule has 0 atom stereocenters. The van der Waals surface area contributed by atoms with Gasteiger partial charge in [0, 0.05) is 9.92 Å². The molecule has 86 valence electrons. The van der Waals surface area contributed by atoms with Crippen LogP contribution in [0.3, 0.4) is 0 Å². The van der Waals surface area contributed by atoms with Gasteiger partial charge in [0.15, 0.2) is 0 Å². The number of benzene rings is 1. The molecule has 1 aromatic carbocycles. The van der Waals surface area contributed by atoms with Gasteiger partial charge in [0.2, 0.25) is 0 Å². The smallest absolute Gasteiger partial charge is 0.320 e. The highest BCUT2D eigenvalue weighted by molar-refractivity contribution is 8.01. The van der Waals surface area contributed by atoms with E-state index < -0.39 is 16.5 Å². The van der Waals surface area contributed by atoms with E-state index in [0.717, 1.165) is 18.2 Å². The number of carbonyl (C=O) groups is 1. The lowest BCUT2D eigenvalue weighted by atomic mass is 9.84. The maximum absolute atomic E-state index is 13.5. The number of carboxylic acid groups (broad SMARTS) is 1. The van der Waals surface area contributed by atoms with E-state index in [0.29, 0.717) is 22.8 Å². The molecule has 0 aliphatic heterocycles. The van der Waals surface area contributed by atoms with Gasteiger partial charge in [0.1, 0.15) is 10.6 Å². The Labute approximate surface area is 102 Å². The third kappa shape index (κ3) is 2.04. The van der Waals surface area contributed by atoms with Gasteiger partial charge < -0.3 is 5.11 Å². The highest BCUT2D eigenvalue weighted by atomic mass is 35.5. The summed E-state index contributed by atoms with van der Waals surface area (Å²) >= 11 is 6.83. The summed E-state index contributed by atoms with van der Waals surface area (Å²) in [5.74, 6) is -1.29. The van der Waals surface area contributed by atoms with Crippen molar-refractivity contribution in [2.24, 2.45) is 0 Å². The topological polar surface area (TPSA) is 37.3 Å². The predicted molar refractivity (Wildman–Crippen MR) is 61.5 cm³/mol. The normalized spacial score (nSPS) is 17.9. The Morgan fingerprint density at radius 1 is 1.50 bits per heavy atom. The van der Waals surface area contributed by atoms with Crippen LogP contribution in [-0.4, -0.2) is 15.8 Å². The monoisotopic (exact) mass is 260 g/mol. The summed E-state index contributed by atoms with van der Waals surface area (Å²) in [6, 6.07) is 4.19. The molecule has 1 aliphatic carbocycles. The van der Waals surface area contributed by atoms with Gasteiger partial charge in [-0.3, -0.25) is 4.79 Å². The second-order valence-electron chi connectivity index (χ2n) is 3.83. The zero-order valence-corrected chi connectivity index (χ0v) is 9.95. The van der Waals surface area contributed by atoms with E-state index >= 15 is 0 Å². The van der Waals surface area contributed by atoms with E-state index in [-0.39, 0.29) is 0 Å². The first-order chi connectivity index (χ1) is 7.53. The highest BCUT2D eigenvalue weighted by Crippen LogP contribution is 2.48. The summed E-state index contributed by atoms with van der Waals surface area (Å²) in [5, 5.41) is 9.55.